The molecule has 24 heavy (non-hydrogen) atoms. The van der Waals surface area contributed by atoms with Crippen LogP contribution in [0.3, 0.4) is 0 Å². The Morgan fingerprint density at radius 3 is 2.92 bits per heavy atom. The second-order valence-corrected chi connectivity index (χ2v) is 6.61. The third-order valence-corrected chi connectivity index (χ3v) is 4.72. The Labute approximate surface area is 142 Å². The van der Waals surface area contributed by atoms with E-state index in [-0.39, 0.29) is 5.56 Å². The van der Waals surface area contributed by atoms with Crippen molar-refractivity contribution in [2.75, 3.05) is 18.0 Å². The number of hydrogen-bond donors (Lipinski definition) is 1. The fraction of sp³-hybridized carbons (Fsp3) is 0.556. The Morgan fingerprint density at radius 1 is 1.42 bits per heavy atom. The minimum atomic E-state index is -0.0178. The van der Waals surface area contributed by atoms with Gasteiger partial charge >= 0.3 is 0 Å². The second-order valence-electron chi connectivity index (χ2n) is 6.61. The lowest BCUT2D eigenvalue weighted by atomic mass is 10.0. The van der Waals surface area contributed by atoms with Crippen molar-refractivity contribution in [2.24, 2.45) is 7.05 Å². The van der Waals surface area contributed by atoms with E-state index < -0.39 is 0 Å². The molecule has 2 aromatic heterocycles. The average Bonchev–Trinajstić information content (AvgIpc) is 3.10. The minimum absolute atomic E-state index is 0.0178. The van der Waals surface area contributed by atoms with Gasteiger partial charge in [0.25, 0.3) is 5.56 Å². The van der Waals surface area contributed by atoms with Gasteiger partial charge in [0.05, 0.1) is 6.26 Å². The van der Waals surface area contributed by atoms with E-state index in [0.29, 0.717) is 17.9 Å². The van der Waals surface area contributed by atoms with Crippen LogP contribution < -0.4 is 15.8 Å². The van der Waals surface area contributed by atoms with Crippen molar-refractivity contribution in [2.45, 2.75) is 44.7 Å². The SMILES string of the molecule is C[C@H](CCc1ccco1)NC1CCN(c2nccn(C)c2=O)CC1. The molecule has 1 aliphatic rings. The molecule has 0 aliphatic carbocycles. The fourth-order valence-electron chi connectivity index (χ4n) is 3.26. The highest BCUT2D eigenvalue weighted by atomic mass is 16.3. The molecule has 0 radical (unpaired) electrons. The summed E-state index contributed by atoms with van der Waals surface area (Å²) in [5, 5.41) is 3.71. The molecule has 1 N–H and O–H groups in total. The molecule has 3 rings (SSSR count). The Morgan fingerprint density at radius 2 is 2.21 bits per heavy atom. The van der Waals surface area contributed by atoms with E-state index in [1.165, 1.54) is 0 Å². The molecule has 0 spiro atoms. The van der Waals surface area contributed by atoms with E-state index in [0.717, 1.165) is 44.5 Å². The van der Waals surface area contributed by atoms with Crippen LogP contribution in [0.2, 0.25) is 0 Å². The first-order valence-electron chi connectivity index (χ1n) is 8.68. The molecular formula is C18H26N4O2. The summed E-state index contributed by atoms with van der Waals surface area (Å²) < 4.78 is 6.97. The van der Waals surface area contributed by atoms with Crippen LogP contribution in [0.25, 0.3) is 0 Å². The largest absolute Gasteiger partial charge is 0.469 e. The summed E-state index contributed by atoms with van der Waals surface area (Å²) in [4.78, 5) is 18.5. The second kappa shape index (κ2) is 7.66. The highest BCUT2D eigenvalue weighted by Gasteiger charge is 2.23. The number of furan rings is 1. The molecular weight excluding hydrogens is 304 g/mol. The Balaban J connectivity index is 1.46. The van der Waals surface area contributed by atoms with Crippen LogP contribution in [-0.4, -0.2) is 34.7 Å². The van der Waals surface area contributed by atoms with E-state index in [9.17, 15) is 4.79 Å². The van der Waals surface area contributed by atoms with Crippen molar-refractivity contribution < 1.29 is 4.42 Å². The molecule has 0 amide bonds. The predicted octanol–water partition coefficient (Wildman–Crippen LogP) is 1.95. The zero-order valence-corrected chi connectivity index (χ0v) is 14.4. The first-order valence-corrected chi connectivity index (χ1v) is 8.68. The van der Waals surface area contributed by atoms with E-state index in [1.807, 2.05) is 12.1 Å². The zero-order valence-electron chi connectivity index (χ0n) is 14.4. The van der Waals surface area contributed by atoms with E-state index in [4.69, 9.17) is 4.42 Å². The summed E-state index contributed by atoms with van der Waals surface area (Å²) in [5.41, 5.74) is -0.0178. The molecule has 3 heterocycles. The first kappa shape index (κ1) is 16.8. The summed E-state index contributed by atoms with van der Waals surface area (Å²) in [6.07, 6.45) is 9.21. The maximum atomic E-state index is 12.2. The number of aromatic nitrogens is 2. The van der Waals surface area contributed by atoms with Gasteiger partial charge in [-0.1, -0.05) is 0 Å². The van der Waals surface area contributed by atoms with Crippen molar-refractivity contribution >= 4 is 5.82 Å². The molecule has 1 fully saturated rings. The topological polar surface area (TPSA) is 63.3 Å². The molecule has 2 aromatic rings. The summed E-state index contributed by atoms with van der Waals surface area (Å²) in [7, 11) is 1.77. The Bertz CT molecular complexity index is 687. The Kier molecular flexibility index (Phi) is 5.35. The first-order chi connectivity index (χ1) is 11.6. The molecule has 0 saturated carbocycles. The highest BCUT2D eigenvalue weighted by Crippen LogP contribution is 2.16. The van der Waals surface area contributed by atoms with Crippen LogP contribution in [0, 0.1) is 0 Å². The lowest BCUT2D eigenvalue weighted by Crippen LogP contribution is -2.47. The van der Waals surface area contributed by atoms with Crippen LogP contribution in [0.4, 0.5) is 5.82 Å². The van der Waals surface area contributed by atoms with Crippen molar-refractivity contribution in [3.05, 3.63) is 46.9 Å². The lowest BCUT2D eigenvalue weighted by Gasteiger charge is -2.34. The van der Waals surface area contributed by atoms with Gasteiger partial charge in [-0.15, -0.1) is 0 Å². The quantitative estimate of drug-likeness (QED) is 0.877. The van der Waals surface area contributed by atoms with Gasteiger partial charge in [-0.2, -0.15) is 0 Å². The lowest BCUT2D eigenvalue weighted by molar-refractivity contribution is 0.360. The maximum Gasteiger partial charge on any atom is 0.293 e. The van der Waals surface area contributed by atoms with Crippen LogP contribution in [0.15, 0.2) is 40.0 Å². The molecule has 0 bridgehead atoms. The van der Waals surface area contributed by atoms with Crippen LogP contribution in [0.5, 0.6) is 0 Å². The summed E-state index contributed by atoms with van der Waals surface area (Å²) in [6, 6.07) is 4.92. The normalized spacial score (nSPS) is 17.2. The van der Waals surface area contributed by atoms with Crippen molar-refractivity contribution in [3.8, 4) is 0 Å². The molecule has 1 atom stereocenters. The molecule has 0 aromatic carbocycles. The summed E-state index contributed by atoms with van der Waals surface area (Å²) in [6.45, 7) is 3.97. The molecule has 6 nitrogen and oxygen atoms in total. The number of nitrogens with one attached hydrogen (secondary N) is 1. The van der Waals surface area contributed by atoms with Gasteiger partial charge in [-0.05, 0) is 38.3 Å². The minimum Gasteiger partial charge on any atom is -0.469 e. The summed E-state index contributed by atoms with van der Waals surface area (Å²) >= 11 is 0. The van der Waals surface area contributed by atoms with Gasteiger partial charge in [0.2, 0.25) is 0 Å². The zero-order chi connectivity index (χ0) is 16.9. The molecule has 6 heteroatoms. The number of rotatable bonds is 6. The molecule has 0 unspecified atom stereocenters. The van der Waals surface area contributed by atoms with E-state index in [1.54, 1.807) is 30.3 Å². The third kappa shape index (κ3) is 4.06. The smallest absolute Gasteiger partial charge is 0.293 e. The predicted molar refractivity (Wildman–Crippen MR) is 94.3 cm³/mol. The molecule has 130 valence electrons. The highest BCUT2D eigenvalue weighted by molar-refractivity contribution is 5.36. The van der Waals surface area contributed by atoms with Crippen LogP contribution in [0.1, 0.15) is 31.9 Å². The van der Waals surface area contributed by atoms with E-state index >= 15 is 0 Å². The van der Waals surface area contributed by atoms with Gasteiger partial charge in [-0.3, -0.25) is 4.79 Å². The fourth-order valence-corrected chi connectivity index (χ4v) is 3.26. The Hall–Kier alpha value is -2.08. The third-order valence-electron chi connectivity index (χ3n) is 4.72. The van der Waals surface area contributed by atoms with Crippen LogP contribution in [-0.2, 0) is 13.5 Å². The molecule has 1 saturated heterocycles. The van der Waals surface area contributed by atoms with Gasteiger partial charge < -0.3 is 19.2 Å². The van der Waals surface area contributed by atoms with Crippen molar-refractivity contribution in [1.82, 2.24) is 14.9 Å². The molecule has 1 aliphatic heterocycles. The number of aryl methyl sites for hydroxylation is 2. The van der Waals surface area contributed by atoms with Gasteiger partial charge in [-0.25, -0.2) is 4.98 Å². The number of nitrogens with zero attached hydrogens (tertiary/aromatic N) is 3. The van der Waals surface area contributed by atoms with Gasteiger partial charge in [0.15, 0.2) is 5.82 Å². The van der Waals surface area contributed by atoms with Crippen LogP contribution >= 0.6 is 0 Å². The monoisotopic (exact) mass is 330 g/mol. The average molecular weight is 330 g/mol. The number of anilines is 1. The van der Waals surface area contributed by atoms with E-state index in [2.05, 4.69) is 22.1 Å². The standard InChI is InChI=1S/C18H26N4O2/c1-14(5-6-16-4-3-13-24-16)20-15-7-10-22(11-8-15)17-18(23)21(2)12-9-19-17/h3-4,9,12-15,20H,5-8,10-11H2,1-2H3/t14-/m1/s1. The van der Waals surface area contributed by atoms with Gasteiger partial charge in [0.1, 0.15) is 5.76 Å². The number of hydrogen-bond acceptors (Lipinski definition) is 5. The number of piperidine rings is 1. The maximum absolute atomic E-state index is 12.2. The summed E-state index contributed by atoms with van der Waals surface area (Å²) in [5.74, 6) is 1.62. The van der Waals surface area contributed by atoms with Gasteiger partial charge in [0, 0.05) is 51.0 Å². The van der Waals surface area contributed by atoms with Crippen molar-refractivity contribution in [3.63, 3.8) is 0 Å². The van der Waals surface area contributed by atoms with Crippen molar-refractivity contribution in [1.29, 1.82) is 0 Å².